The van der Waals surface area contributed by atoms with E-state index in [0.29, 0.717) is 11.3 Å². The number of halogens is 3. The first kappa shape index (κ1) is 15.3. The molecule has 0 fully saturated rings. The van der Waals surface area contributed by atoms with Gasteiger partial charge in [0.1, 0.15) is 0 Å². The Morgan fingerprint density at radius 3 is 2.58 bits per heavy atom. The van der Waals surface area contributed by atoms with E-state index in [1.165, 1.54) is 12.1 Å². The molecule has 0 radical (unpaired) electrons. The number of aliphatic hydroxyl groups is 1. The van der Waals surface area contributed by atoms with Crippen molar-refractivity contribution in [3.63, 3.8) is 0 Å². The van der Waals surface area contributed by atoms with E-state index in [1.54, 1.807) is 12.1 Å². The highest BCUT2D eigenvalue weighted by Crippen LogP contribution is 2.25. The van der Waals surface area contributed by atoms with Crippen molar-refractivity contribution in [3.05, 3.63) is 29.8 Å². The van der Waals surface area contributed by atoms with Crippen LogP contribution in [0.4, 0.5) is 23.7 Å². The summed E-state index contributed by atoms with van der Waals surface area (Å²) in [5.74, 6) is 0. The zero-order valence-electron chi connectivity index (χ0n) is 10.1. The SMILES string of the molecule is O=C(NCCO)Nc1ccccc1CCC(F)(F)F. The smallest absolute Gasteiger partial charge is 0.389 e. The summed E-state index contributed by atoms with van der Waals surface area (Å²) in [6.45, 7) is -0.125. The molecule has 0 heterocycles. The molecule has 0 bridgehead atoms. The summed E-state index contributed by atoms with van der Waals surface area (Å²) in [7, 11) is 0. The van der Waals surface area contributed by atoms with Crippen LogP contribution in [-0.4, -0.2) is 30.5 Å². The van der Waals surface area contributed by atoms with Gasteiger partial charge in [0.05, 0.1) is 6.61 Å². The van der Waals surface area contributed by atoms with Crippen LogP contribution in [0.15, 0.2) is 24.3 Å². The molecule has 0 saturated carbocycles. The normalized spacial score (nSPS) is 11.2. The van der Waals surface area contributed by atoms with Gasteiger partial charge in [0, 0.05) is 18.7 Å². The molecule has 106 valence electrons. The van der Waals surface area contributed by atoms with Crippen LogP contribution in [-0.2, 0) is 6.42 Å². The number of anilines is 1. The number of nitrogens with one attached hydrogen (secondary N) is 2. The molecule has 7 heteroatoms. The van der Waals surface area contributed by atoms with Crippen LogP contribution in [0.25, 0.3) is 0 Å². The van der Waals surface area contributed by atoms with E-state index in [9.17, 15) is 18.0 Å². The van der Waals surface area contributed by atoms with Gasteiger partial charge in [0.25, 0.3) is 0 Å². The number of amides is 2. The van der Waals surface area contributed by atoms with Crippen molar-refractivity contribution in [2.75, 3.05) is 18.5 Å². The van der Waals surface area contributed by atoms with Crippen LogP contribution in [0.1, 0.15) is 12.0 Å². The van der Waals surface area contributed by atoms with Gasteiger partial charge in [-0.2, -0.15) is 13.2 Å². The lowest BCUT2D eigenvalue weighted by Gasteiger charge is -2.12. The van der Waals surface area contributed by atoms with Crippen molar-refractivity contribution >= 4 is 11.7 Å². The summed E-state index contributed by atoms with van der Waals surface area (Å²) in [5, 5.41) is 13.4. The molecule has 2 amide bonds. The van der Waals surface area contributed by atoms with Crippen LogP contribution in [0, 0.1) is 0 Å². The van der Waals surface area contributed by atoms with Gasteiger partial charge in [0.2, 0.25) is 0 Å². The van der Waals surface area contributed by atoms with Gasteiger partial charge < -0.3 is 15.7 Å². The Hall–Kier alpha value is -1.76. The maximum atomic E-state index is 12.2. The number of carbonyl (C=O) groups is 1. The van der Waals surface area contributed by atoms with E-state index in [2.05, 4.69) is 10.6 Å². The van der Waals surface area contributed by atoms with E-state index in [4.69, 9.17) is 5.11 Å². The largest absolute Gasteiger partial charge is 0.395 e. The van der Waals surface area contributed by atoms with Crippen molar-refractivity contribution < 1.29 is 23.1 Å². The first-order chi connectivity index (χ1) is 8.92. The zero-order chi connectivity index (χ0) is 14.3. The maximum Gasteiger partial charge on any atom is 0.389 e. The van der Waals surface area contributed by atoms with E-state index in [0.717, 1.165) is 0 Å². The van der Waals surface area contributed by atoms with Crippen LogP contribution in [0.2, 0.25) is 0 Å². The van der Waals surface area contributed by atoms with Gasteiger partial charge in [-0.25, -0.2) is 4.79 Å². The minimum absolute atomic E-state index is 0.0799. The molecule has 0 spiro atoms. The molecule has 1 aromatic rings. The lowest BCUT2D eigenvalue weighted by atomic mass is 10.1. The fourth-order valence-corrected chi connectivity index (χ4v) is 1.47. The molecule has 0 atom stereocenters. The minimum Gasteiger partial charge on any atom is -0.395 e. The van der Waals surface area contributed by atoms with Gasteiger partial charge in [-0.1, -0.05) is 18.2 Å². The molecule has 0 aliphatic carbocycles. The number of benzene rings is 1. The molecule has 0 unspecified atom stereocenters. The van der Waals surface area contributed by atoms with Gasteiger partial charge >= 0.3 is 12.2 Å². The van der Waals surface area contributed by atoms with Gasteiger partial charge in [-0.3, -0.25) is 0 Å². The summed E-state index contributed by atoms with van der Waals surface area (Å²) in [4.78, 5) is 11.4. The number of alkyl halides is 3. The monoisotopic (exact) mass is 276 g/mol. The van der Waals surface area contributed by atoms with Gasteiger partial charge in [-0.15, -0.1) is 0 Å². The topological polar surface area (TPSA) is 61.4 Å². The number of aliphatic hydroxyl groups excluding tert-OH is 1. The number of hydrogen-bond donors (Lipinski definition) is 3. The number of carbonyl (C=O) groups excluding carboxylic acids is 1. The van der Waals surface area contributed by atoms with E-state index in [1.807, 2.05) is 0 Å². The Morgan fingerprint density at radius 1 is 1.26 bits per heavy atom. The molecule has 3 N–H and O–H groups in total. The highest BCUT2D eigenvalue weighted by Gasteiger charge is 2.26. The Bertz CT molecular complexity index is 422. The summed E-state index contributed by atoms with van der Waals surface area (Å²) in [6.07, 6.45) is -5.36. The quantitative estimate of drug-likeness (QED) is 0.772. The third-order valence-electron chi connectivity index (χ3n) is 2.34. The number of urea groups is 1. The Morgan fingerprint density at radius 2 is 1.95 bits per heavy atom. The highest BCUT2D eigenvalue weighted by atomic mass is 19.4. The second-order valence-corrected chi connectivity index (χ2v) is 3.88. The maximum absolute atomic E-state index is 12.2. The predicted molar refractivity (Wildman–Crippen MR) is 64.9 cm³/mol. The molecule has 1 rings (SSSR count). The number of rotatable bonds is 5. The van der Waals surface area contributed by atoms with Gasteiger partial charge in [-0.05, 0) is 18.1 Å². The second-order valence-electron chi connectivity index (χ2n) is 3.88. The first-order valence-electron chi connectivity index (χ1n) is 5.73. The number of para-hydroxylation sites is 1. The second kappa shape index (κ2) is 6.98. The summed E-state index contributed by atoms with van der Waals surface area (Å²) < 4.78 is 36.5. The van der Waals surface area contributed by atoms with E-state index in [-0.39, 0.29) is 19.6 Å². The molecule has 1 aromatic carbocycles. The van der Waals surface area contributed by atoms with Crippen molar-refractivity contribution in [1.29, 1.82) is 0 Å². The molecular weight excluding hydrogens is 261 g/mol. The van der Waals surface area contributed by atoms with E-state index >= 15 is 0 Å². The predicted octanol–water partition coefficient (Wildman–Crippen LogP) is 2.30. The fraction of sp³-hybridized carbons (Fsp3) is 0.417. The highest BCUT2D eigenvalue weighted by molar-refractivity contribution is 5.90. The van der Waals surface area contributed by atoms with Crippen molar-refractivity contribution in [3.8, 4) is 0 Å². The molecule has 4 nitrogen and oxygen atoms in total. The Kier molecular flexibility index (Phi) is 5.62. The molecule has 0 saturated heterocycles. The lowest BCUT2D eigenvalue weighted by Crippen LogP contribution is -2.31. The zero-order valence-corrected chi connectivity index (χ0v) is 10.1. The minimum atomic E-state index is -4.23. The summed E-state index contributed by atoms with van der Waals surface area (Å²) >= 11 is 0. The van der Waals surface area contributed by atoms with Gasteiger partial charge in [0.15, 0.2) is 0 Å². The van der Waals surface area contributed by atoms with Crippen molar-refractivity contribution in [2.45, 2.75) is 19.0 Å². The molecule has 0 aromatic heterocycles. The van der Waals surface area contributed by atoms with Crippen molar-refractivity contribution in [1.82, 2.24) is 5.32 Å². The van der Waals surface area contributed by atoms with E-state index < -0.39 is 18.6 Å². The van der Waals surface area contributed by atoms with Crippen LogP contribution >= 0.6 is 0 Å². The molecular formula is C12H15F3N2O2. The number of hydrogen-bond acceptors (Lipinski definition) is 2. The first-order valence-corrected chi connectivity index (χ1v) is 5.73. The standard InChI is InChI=1S/C12H15F3N2O2/c13-12(14,15)6-5-9-3-1-2-4-10(9)17-11(19)16-7-8-18/h1-4,18H,5-8H2,(H2,16,17,19). The third-order valence-corrected chi connectivity index (χ3v) is 2.34. The van der Waals surface area contributed by atoms with Crippen molar-refractivity contribution in [2.24, 2.45) is 0 Å². The molecule has 0 aliphatic heterocycles. The van der Waals surface area contributed by atoms with Crippen LogP contribution in [0.3, 0.4) is 0 Å². The molecule has 19 heavy (non-hydrogen) atoms. The Labute approximate surface area is 108 Å². The average Bonchev–Trinajstić information content (AvgIpc) is 2.34. The van der Waals surface area contributed by atoms with Crippen LogP contribution in [0.5, 0.6) is 0 Å². The molecule has 0 aliphatic rings. The van der Waals surface area contributed by atoms with Crippen LogP contribution < -0.4 is 10.6 Å². The summed E-state index contributed by atoms with van der Waals surface area (Å²) in [6, 6.07) is 5.74. The number of aryl methyl sites for hydroxylation is 1. The lowest BCUT2D eigenvalue weighted by molar-refractivity contribution is -0.133. The third kappa shape index (κ3) is 6.10. The average molecular weight is 276 g/mol. The Balaban J connectivity index is 2.65. The fourth-order valence-electron chi connectivity index (χ4n) is 1.47. The summed E-state index contributed by atoms with van der Waals surface area (Å²) in [5.41, 5.74) is 0.751.